The number of benzene rings is 1. The number of fused-ring (bicyclic) bond motifs is 1. The van der Waals surface area contributed by atoms with Crippen LogP contribution in [0.2, 0.25) is 0 Å². The van der Waals surface area contributed by atoms with Crippen LogP contribution in [0, 0.1) is 11.6 Å². The first-order valence-corrected chi connectivity index (χ1v) is 7.37. The van der Waals surface area contributed by atoms with Crippen molar-refractivity contribution >= 4 is 10.9 Å². The van der Waals surface area contributed by atoms with Crippen LogP contribution >= 0.6 is 0 Å². The lowest BCUT2D eigenvalue weighted by atomic mass is 10.1. The van der Waals surface area contributed by atoms with Gasteiger partial charge in [-0.25, -0.2) is 8.78 Å². The third kappa shape index (κ3) is 2.97. The quantitative estimate of drug-likeness (QED) is 0.944. The summed E-state index contributed by atoms with van der Waals surface area (Å²) in [5.41, 5.74) is 0.241. The molecule has 0 unspecified atom stereocenters. The molecule has 1 N–H and O–H groups in total. The monoisotopic (exact) mass is 292 g/mol. The number of nitrogens with one attached hydrogen (secondary N) is 1. The van der Waals surface area contributed by atoms with Crippen LogP contribution in [0.25, 0.3) is 10.9 Å². The number of rotatable bonds is 3. The molecular formula is C16H18F2N2O. The van der Waals surface area contributed by atoms with E-state index in [4.69, 9.17) is 0 Å². The van der Waals surface area contributed by atoms with Crippen molar-refractivity contribution in [2.45, 2.75) is 25.7 Å². The third-order valence-electron chi connectivity index (χ3n) is 4.13. The van der Waals surface area contributed by atoms with Crippen LogP contribution < -0.4 is 5.56 Å². The maximum Gasteiger partial charge on any atom is 0.251 e. The second kappa shape index (κ2) is 5.93. The van der Waals surface area contributed by atoms with Crippen LogP contribution in [-0.4, -0.2) is 29.5 Å². The maximum atomic E-state index is 13.6. The van der Waals surface area contributed by atoms with Crippen molar-refractivity contribution in [1.82, 2.24) is 9.88 Å². The van der Waals surface area contributed by atoms with Gasteiger partial charge in [-0.2, -0.15) is 0 Å². The molecule has 1 aliphatic heterocycles. The zero-order valence-corrected chi connectivity index (χ0v) is 11.8. The Morgan fingerprint density at radius 1 is 1.14 bits per heavy atom. The van der Waals surface area contributed by atoms with Gasteiger partial charge in [-0.1, -0.05) is 6.42 Å². The van der Waals surface area contributed by atoms with Gasteiger partial charge in [-0.3, -0.25) is 4.79 Å². The summed E-state index contributed by atoms with van der Waals surface area (Å²) < 4.78 is 26.8. The van der Waals surface area contributed by atoms with Crippen molar-refractivity contribution < 1.29 is 8.78 Å². The normalized spacial score (nSPS) is 16.5. The molecule has 0 aliphatic carbocycles. The molecule has 21 heavy (non-hydrogen) atoms. The van der Waals surface area contributed by atoms with Crippen molar-refractivity contribution in [2.75, 3.05) is 19.6 Å². The minimum Gasteiger partial charge on any atom is -0.319 e. The molecule has 3 nitrogen and oxygen atoms in total. The number of pyridine rings is 1. The zero-order valence-electron chi connectivity index (χ0n) is 11.8. The van der Waals surface area contributed by atoms with E-state index >= 15 is 0 Å². The highest BCUT2D eigenvalue weighted by molar-refractivity contribution is 5.79. The second-order valence-corrected chi connectivity index (χ2v) is 5.60. The summed E-state index contributed by atoms with van der Waals surface area (Å²) in [6.45, 7) is 2.98. The largest absolute Gasteiger partial charge is 0.319 e. The van der Waals surface area contributed by atoms with Gasteiger partial charge in [0.25, 0.3) is 5.56 Å². The summed E-state index contributed by atoms with van der Waals surface area (Å²) in [5, 5.41) is 0.530. The summed E-state index contributed by atoms with van der Waals surface area (Å²) in [5.74, 6) is -1.94. The van der Waals surface area contributed by atoms with E-state index in [-0.39, 0.29) is 11.1 Å². The Bertz CT molecular complexity index is 705. The summed E-state index contributed by atoms with van der Waals surface area (Å²) in [7, 11) is 0. The SMILES string of the molecule is O=c1[nH]c2c(F)c(F)ccc2cc1CCN1CCCCC1. The van der Waals surface area contributed by atoms with E-state index in [0.717, 1.165) is 25.7 Å². The average molecular weight is 292 g/mol. The predicted octanol–water partition coefficient (Wildman–Crippen LogP) is 2.83. The van der Waals surface area contributed by atoms with Crippen molar-refractivity contribution in [1.29, 1.82) is 0 Å². The summed E-state index contributed by atoms with van der Waals surface area (Å²) >= 11 is 0. The van der Waals surface area contributed by atoms with Gasteiger partial charge in [0.2, 0.25) is 0 Å². The molecule has 2 heterocycles. The molecule has 0 atom stereocenters. The molecule has 0 spiro atoms. The molecule has 1 fully saturated rings. The van der Waals surface area contributed by atoms with Crippen LogP contribution in [0.5, 0.6) is 0 Å². The highest BCUT2D eigenvalue weighted by Gasteiger charge is 2.13. The van der Waals surface area contributed by atoms with E-state index in [1.807, 2.05) is 0 Å². The lowest BCUT2D eigenvalue weighted by molar-refractivity contribution is 0.231. The van der Waals surface area contributed by atoms with E-state index in [1.165, 1.54) is 25.3 Å². The lowest BCUT2D eigenvalue weighted by Crippen LogP contribution is -2.32. The molecule has 0 saturated carbocycles. The Kier molecular flexibility index (Phi) is 4.01. The Morgan fingerprint density at radius 3 is 2.67 bits per heavy atom. The first kappa shape index (κ1) is 14.2. The van der Waals surface area contributed by atoms with E-state index in [2.05, 4.69) is 9.88 Å². The van der Waals surface area contributed by atoms with E-state index < -0.39 is 11.6 Å². The van der Waals surface area contributed by atoms with Gasteiger partial charge in [-0.15, -0.1) is 0 Å². The topological polar surface area (TPSA) is 36.1 Å². The number of aromatic amines is 1. The molecule has 2 aromatic rings. The molecule has 0 bridgehead atoms. The highest BCUT2D eigenvalue weighted by Crippen LogP contribution is 2.18. The van der Waals surface area contributed by atoms with Gasteiger partial charge in [0.05, 0.1) is 5.52 Å². The molecule has 3 rings (SSSR count). The van der Waals surface area contributed by atoms with Crippen molar-refractivity contribution in [3.8, 4) is 0 Å². The first-order chi connectivity index (χ1) is 10.1. The molecule has 112 valence electrons. The fourth-order valence-electron chi connectivity index (χ4n) is 2.91. The molecule has 0 amide bonds. The van der Waals surface area contributed by atoms with E-state index in [0.29, 0.717) is 17.4 Å². The highest BCUT2D eigenvalue weighted by atomic mass is 19.2. The van der Waals surface area contributed by atoms with Gasteiger partial charge >= 0.3 is 0 Å². The Hall–Kier alpha value is -1.75. The van der Waals surface area contributed by atoms with Crippen LogP contribution in [0.3, 0.4) is 0 Å². The second-order valence-electron chi connectivity index (χ2n) is 5.60. The van der Waals surface area contributed by atoms with Crippen molar-refractivity contribution in [3.63, 3.8) is 0 Å². The van der Waals surface area contributed by atoms with Gasteiger partial charge in [-0.05, 0) is 50.6 Å². The Labute approximate surface area is 121 Å². The number of nitrogens with zero attached hydrogens (tertiary/aromatic N) is 1. The number of hydrogen-bond acceptors (Lipinski definition) is 2. The van der Waals surface area contributed by atoms with Crippen molar-refractivity contribution in [2.24, 2.45) is 0 Å². The van der Waals surface area contributed by atoms with Crippen LogP contribution in [0.1, 0.15) is 24.8 Å². The lowest BCUT2D eigenvalue weighted by Gasteiger charge is -2.26. The number of hydrogen-bond donors (Lipinski definition) is 1. The van der Waals surface area contributed by atoms with Gasteiger partial charge in [0.1, 0.15) is 0 Å². The first-order valence-electron chi connectivity index (χ1n) is 7.37. The minimum atomic E-state index is -0.993. The van der Waals surface area contributed by atoms with Gasteiger partial charge in [0, 0.05) is 17.5 Å². The predicted molar refractivity (Wildman–Crippen MR) is 78.5 cm³/mol. The Balaban J connectivity index is 1.84. The fraction of sp³-hybridized carbons (Fsp3) is 0.438. The third-order valence-corrected chi connectivity index (χ3v) is 4.13. The molecule has 1 aromatic carbocycles. The molecule has 5 heteroatoms. The standard InChI is InChI=1S/C16H18F2N2O/c17-13-5-4-11-10-12(16(21)19-15(11)14(13)18)6-9-20-7-2-1-3-8-20/h4-5,10H,1-3,6-9H2,(H,19,21). The fourth-order valence-corrected chi connectivity index (χ4v) is 2.91. The Morgan fingerprint density at radius 2 is 1.90 bits per heavy atom. The molecular weight excluding hydrogens is 274 g/mol. The average Bonchev–Trinajstić information content (AvgIpc) is 2.51. The minimum absolute atomic E-state index is 0.0540. The van der Waals surface area contributed by atoms with E-state index in [1.54, 1.807) is 6.07 Å². The molecule has 1 aliphatic rings. The van der Waals surface area contributed by atoms with Crippen LogP contribution in [0.15, 0.2) is 23.0 Å². The number of H-pyrrole nitrogens is 1. The summed E-state index contributed by atoms with van der Waals surface area (Å²) in [4.78, 5) is 16.8. The van der Waals surface area contributed by atoms with Crippen molar-refractivity contribution in [3.05, 3.63) is 45.8 Å². The molecule has 0 radical (unpaired) electrons. The molecule has 1 saturated heterocycles. The number of halogens is 2. The summed E-state index contributed by atoms with van der Waals surface area (Å²) in [6, 6.07) is 4.25. The van der Waals surface area contributed by atoms with E-state index in [9.17, 15) is 13.6 Å². The zero-order chi connectivity index (χ0) is 14.8. The number of likely N-dealkylation sites (tertiary alicyclic amines) is 1. The number of aromatic nitrogens is 1. The van der Waals surface area contributed by atoms with Crippen LogP contribution in [-0.2, 0) is 6.42 Å². The van der Waals surface area contributed by atoms with Crippen LogP contribution in [0.4, 0.5) is 8.78 Å². The maximum absolute atomic E-state index is 13.6. The smallest absolute Gasteiger partial charge is 0.251 e. The number of piperidine rings is 1. The molecule has 1 aromatic heterocycles. The summed E-state index contributed by atoms with van der Waals surface area (Å²) in [6.07, 6.45) is 4.32. The van der Waals surface area contributed by atoms with Gasteiger partial charge < -0.3 is 9.88 Å². The van der Waals surface area contributed by atoms with Gasteiger partial charge in [0.15, 0.2) is 11.6 Å².